The summed E-state index contributed by atoms with van der Waals surface area (Å²) < 4.78 is 11.3. The number of rotatable bonds is 7. The van der Waals surface area contributed by atoms with Gasteiger partial charge in [0.2, 0.25) is 0 Å². The van der Waals surface area contributed by atoms with Crippen LogP contribution in [0.3, 0.4) is 0 Å². The lowest BCUT2D eigenvalue weighted by Crippen LogP contribution is -2.27. The molecule has 0 aliphatic carbocycles. The fourth-order valence-corrected chi connectivity index (χ4v) is 3.54. The van der Waals surface area contributed by atoms with Crippen LogP contribution in [-0.4, -0.2) is 49.2 Å². The number of thioether (sulfide) groups is 1. The Balaban J connectivity index is 1.79. The molecule has 31 heavy (non-hydrogen) atoms. The van der Waals surface area contributed by atoms with Crippen molar-refractivity contribution in [3.05, 3.63) is 58.5 Å². The molecular formula is C23H25N3O4S. The molecule has 1 saturated heterocycles. The van der Waals surface area contributed by atoms with Crippen molar-refractivity contribution in [3.8, 4) is 11.5 Å². The van der Waals surface area contributed by atoms with Crippen molar-refractivity contribution >= 4 is 40.5 Å². The Morgan fingerprint density at radius 3 is 2.65 bits per heavy atom. The average molecular weight is 440 g/mol. The molecule has 0 unspecified atom stereocenters. The van der Waals surface area contributed by atoms with E-state index in [0.717, 1.165) is 16.8 Å². The second kappa shape index (κ2) is 10.2. The molecule has 2 amide bonds. The molecule has 1 aliphatic rings. The average Bonchev–Trinajstić information content (AvgIpc) is 3.07. The highest BCUT2D eigenvalue weighted by Crippen LogP contribution is 2.32. The smallest absolute Gasteiger partial charge is 0.264 e. The summed E-state index contributed by atoms with van der Waals surface area (Å²) in [5.74, 6) is 0.644. The Morgan fingerprint density at radius 1 is 1.16 bits per heavy atom. The summed E-state index contributed by atoms with van der Waals surface area (Å²) >= 11 is 1.29. The number of carbonyl (C=O) groups excluding carboxylic acids is 2. The first-order valence-corrected chi connectivity index (χ1v) is 10.6. The number of hydrogen-bond donors (Lipinski definition) is 1. The molecule has 0 bridgehead atoms. The number of ether oxygens (including phenoxy) is 2. The number of benzene rings is 2. The van der Waals surface area contributed by atoms with Crippen LogP contribution in [0.5, 0.6) is 11.5 Å². The fraction of sp³-hybridized carbons (Fsp3) is 0.261. The molecule has 7 nitrogen and oxygen atoms in total. The van der Waals surface area contributed by atoms with Gasteiger partial charge in [-0.15, -0.1) is 0 Å². The Hall–Kier alpha value is -3.26. The van der Waals surface area contributed by atoms with Gasteiger partial charge in [0.1, 0.15) is 0 Å². The van der Waals surface area contributed by atoms with Crippen molar-refractivity contribution in [1.29, 1.82) is 0 Å². The Morgan fingerprint density at radius 2 is 1.94 bits per heavy atom. The maximum Gasteiger partial charge on any atom is 0.264 e. The van der Waals surface area contributed by atoms with Crippen LogP contribution in [0.4, 0.5) is 5.69 Å². The van der Waals surface area contributed by atoms with E-state index in [1.54, 1.807) is 32.3 Å². The van der Waals surface area contributed by atoms with Crippen LogP contribution in [0, 0.1) is 6.92 Å². The molecule has 162 valence electrons. The molecule has 0 atom stereocenters. The van der Waals surface area contributed by atoms with Gasteiger partial charge >= 0.3 is 0 Å². The van der Waals surface area contributed by atoms with Gasteiger partial charge in [-0.25, -0.2) is 4.99 Å². The molecule has 1 heterocycles. The number of likely N-dealkylation sites (N-methyl/N-ethyl adjacent to an activating group) is 1. The highest BCUT2D eigenvalue weighted by molar-refractivity contribution is 8.18. The largest absolute Gasteiger partial charge is 0.490 e. The van der Waals surface area contributed by atoms with Gasteiger partial charge in [-0.05, 0) is 61.0 Å². The van der Waals surface area contributed by atoms with E-state index in [2.05, 4.69) is 10.3 Å². The van der Waals surface area contributed by atoms with Crippen molar-refractivity contribution in [2.45, 2.75) is 13.8 Å². The predicted octanol–water partition coefficient (Wildman–Crippen LogP) is 3.75. The van der Waals surface area contributed by atoms with Crippen LogP contribution in [0.2, 0.25) is 0 Å². The van der Waals surface area contributed by atoms with E-state index < -0.39 is 0 Å². The first kappa shape index (κ1) is 22.4. The molecule has 0 radical (unpaired) electrons. The first-order chi connectivity index (χ1) is 14.9. The second-order valence-electron chi connectivity index (χ2n) is 6.98. The van der Waals surface area contributed by atoms with Gasteiger partial charge in [-0.2, -0.15) is 0 Å². The quantitative estimate of drug-likeness (QED) is 0.665. The highest BCUT2D eigenvalue weighted by atomic mass is 32.2. The van der Waals surface area contributed by atoms with Crippen LogP contribution >= 0.6 is 11.8 Å². The number of carbonyl (C=O) groups is 2. The van der Waals surface area contributed by atoms with E-state index in [9.17, 15) is 9.59 Å². The molecule has 8 heteroatoms. The summed E-state index contributed by atoms with van der Waals surface area (Å²) in [6.45, 7) is 4.21. The molecule has 1 aliphatic heterocycles. The monoisotopic (exact) mass is 439 g/mol. The molecule has 3 rings (SSSR count). The minimum atomic E-state index is -0.202. The van der Waals surface area contributed by atoms with Crippen molar-refractivity contribution in [1.82, 2.24) is 10.2 Å². The van der Waals surface area contributed by atoms with Crippen LogP contribution in [-0.2, 0) is 9.59 Å². The molecule has 0 saturated carbocycles. The molecule has 2 aromatic rings. The standard InChI is InChI=1S/C23H25N3O4S/c1-5-29-19-12-16(10-11-18(19)30-14-21(27)26(3)4)13-20-22(28)25-23(31-20)24-17-9-7-6-8-15(17)2/h6-13H,5,14H2,1-4H3,(H,24,25,28)/b20-13+. The van der Waals surface area contributed by atoms with E-state index in [1.165, 1.54) is 16.7 Å². The Kier molecular flexibility index (Phi) is 7.36. The summed E-state index contributed by atoms with van der Waals surface area (Å²) in [6, 6.07) is 13.1. The van der Waals surface area contributed by atoms with Gasteiger partial charge < -0.3 is 19.7 Å². The van der Waals surface area contributed by atoms with Gasteiger partial charge in [-0.3, -0.25) is 9.59 Å². The summed E-state index contributed by atoms with van der Waals surface area (Å²) in [4.78, 5) is 30.7. The summed E-state index contributed by atoms with van der Waals surface area (Å²) in [5.41, 5.74) is 2.63. The molecule has 1 N–H and O–H groups in total. The first-order valence-electron chi connectivity index (χ1n) is 9.82. The Labute approximate surface area is 186 Å². The zero-order valence-electron chi connectivity index (χ0n) is 18.0. The SMILES string of the molecule is CCOc1cc(/C=C2/SC(=Nc3ccccc3C)NC2=O)ccc1OCC(=O)N(C)C. The topological polar surface area (TPSA) is 80.2 Å². The number of aryl methyl sites for hydroxylation is 1. The van der Waals surface area contributed by atoms with E-state index in [4.69, 9.17) is 9.47 Å². The number of amides is 2. The third-order valence-electron chi connectivity index (χ3n) is 4.40. The molecular weight excluding hydrogens is 414 g/mol. The van der Waals surface area contributed by atoms with Crippen molar-refractivity contribution in [2.75, 3.05) is 27.3 Å². The van der Waals surface area contributed by atoms with E-state index in [-0.39, 0.29) is 18.4 Å². The van der Waals surface area contributed by atoms with Gasteiger partial charge in [0, 0.05) is 14.1 Å². The molecule has 2 aromatic carbocycles. The molecule has 1 fully saturated rings. The van der Waals surface area contributed by atoms with E-state index >= 15 is 0 Å². The van der Waals surface area contributed by atoms with Gasteiger partial charge in [0.25, 0.3) is 11.8 Å². The van der Waals surface area contributed by atoms with Crippen molar-refractivity contribution in [3.63, 3.8) is 0 Å². The van der Waals surface area contributed by atoms with Crippen LogP contribution in [0.15, 0.2) is 52.4 Å². The minimum Gasteiger partial charge on any atom is -0.490 e. The summed E-state index contributed by atoms with van der Waals surface area (Å²) in [5, 5.41) is 3.34. The van der Waals surface area contributed by atoms with E-state index in [0.29, 0.717) is 28.2 Å². The molecule has 0 aromatic heterocycles. The van der Waals surface area contributed by atoms with Crippen molar-refractivity contribution in [2.24, 2.45) is 4.99 Å². The second-order valence-corrected chi connectivity index (χ2v) is 8.01. The lowest BCUT2D eigenvalue weighted by molar-refractivity contribution is -0.130. The third-order valence-corrected chi connectivity index (χ3v) is 5.31. The zero-order chi connectivity index (χ0) is 22.4. The van der Waals surface area contributed by atoms with Crippen molar-refractivity contribution < 1.29 is 19.1 Å². The number of amidine groups is 1. The van der Waals surface area contributed by atoms with Gasteiger partial charge in [-0.1, -0.05) is 24.3 Å². The normalized spacial score (nSPS) is 15.8. The van der Waals surface area contributed by atoms with Gasteiger partial charge in [0.15, 0.2) is 23.3 Å². The number of nitrogens with one attached hydrogen (secondary N) is 1. The number of aliphatic imine (C=N–C) groups is 1. The maximum atomic E-state index is 12.4. The molecule has 0 spiro atoms. The summed E-state index contributed by atoms with van der Waals surface area (Å²) in [6.07, 6.45) is 1.78. The zero-order valence-corrected chi connectivity index (χ0v) is 18.8. The predicted molar refractivity (Wildman–Crippen MR) is 124 cm³/mol. The fourth-order valence-electron chi connectivity index (χ4n) is 2.70. The highest BCUT2D eigenvalue weighted by Gasteiger charge is 2.24. The lowest BCUT2D eigenvalue weighted by atomic mass is 10.2. The third kappa shape index (κ3) is 5.88. The summed E-state index contributed by atoms with van der Waals surface area (Å²) in [7, 11) is 3.34. The number of para-hydroxylation sites is 1. The number of hydrogen-bond acceptors (Lipinski definition) is 6. The van der Waals surface area contributed by atoms with E-state index in [1.807, 2.05) is 44.2 Å². The lowest BCUT2D eigenvalue weighted by Gasteiger charge is -2.14. The van der Waals surface area contributed by atoms with Crippen LogP contribution < -0.4 is 14.8 Å². The van der Waals surface area contributed by atoms with Crippen LogP contribution in [0.25, 0.3) is 6.08 Å². The minimum absolute atomic E-state index is 0.0789. The number of nitrogens with zero attached hydrogens (tertiary/aromatic N) is 2. The van der Waals surface area contributed by atoms with Crippen LogP contribution in [0.1, 0.15) is 18.1 Å². The Bertz CT molecular complexity index is 1050. The maximum absolute atomic E-state index is 12.4. The van der Waals surface area contributed by atoms with Gasteiger partial charge in [0.05, 0.1) is 17.2 Å².